The summed E-state index contributed by atoms with van der Waals surface area (Å²) in [5.41, 5.74) is 11.3. The van der Waals surface area contributed by atoms with Gasteiger partial charge in [0.1, 0.15) is 0 Å². The third kappa shape index (κ3) is 3.12. The van der Waals surface area contributed by atoms with Crippen LogP contribution in [0.15, 0.2) is 30.8 Å². The van der Waals surface area contributed by atoms with Crippen molar-refractivity contribution in [3.63, 3.8) is 0 Å². The summed E-state index contributed by atoms with van der Waals surface area (Å²) in [5, 5.41) is 10.8. The molecule has 6 nitrogen and oxygen atoms in total. The number of carbonyl (C=O) groups excluding carboxylic acids is 1. The molecule has 0 radical (unpaired) electrons. The van der Waals surface area contributed by atoms with Gasteiger partial charge in [-0.15, -0.1) is 0 Å². The third-order valence-electron chi connectivity index (χ3n) is 2.32. The smallest absolute Gasteiger partial charge is 0.276 e. The maximum Gasteiger partial charge on any atom is 0.276 e. The molecule has 0 bridgehead atoms. The number of primary amides is 1. The molecule has 1 aromatic carbocycles. The van der Waals surface area contributed by atoms with Crippen molar-refractivity contribution in [2.75, 3.05) is 0 Å². The molecule has 0 spiro atoms. The number of nitrogens with two attached hydrogens (primary N) is 2. The standard InChI is InChI=1S/C11H13N3O3/c1-7(9(12)6-11(13)15)8-4-2-3-5-10(8)14(16)17/h2-5,9H,1,6,12H2,(H2,13,15). The van der Waals surface area contributed by atoms with E-state index in [1.165, 1.54) is 6.07 Å². The Morgan fingerprint density at radius 1 is 1.47 bits per heavy atom. The average molecular weight is 235 g/mol. The summed E-state index contributed by atoms with van der Waals surface area (Å²) in [6, 6.07) is 5.38. The minimum Gasteiger partial charge on any atom is -0.370 e. The number of nitro groups is 1. The van der Waals surface area contributed by atoms with E-state index in [0.717, 1.165) is 0 Å². The van der Waals surface area contributed by atoms with Gasteiger partial charge in [0.05, 0.1) is 10.5 Å². The van der Waals surface area contributed by atoms with E-state index in [4.69, 9.17) is 11.5 Å². The molecule has 1 rings (SSSR count). The molecular weight excluding hydrogens is 222 g/mol. The lowest BCUT2D eigenvalue weighted by Gasteiger charge is -2.13. The normalized spacial score (nSPS) is 11.8. The maximum absolute atomic E-state index is 10.8. The van der Waals surface area contributed by atoms with E-state index in [2.05, 4.69) is 6.58 Å². The van der Waals surface area contributed by atoms with Crippen molar-refractivity contribution in [2.24, 2.45) is 11.5 Å². The van der Waals surface area contributed by atoms with Crippen molar-refractivity contribution in [2.45, 2.75) is 12.5 Å². The zero-order valence-corrected chi connectivity index (χ0v) is 9.13. The summed E-state index contributed by atoms with van der Waals surface area (Å²) < 4.78 is 0. The van der Waals surface area contributed by atoms with E-state index in [-0.39, 0.29) is 12.1 Å². The maximum atomic E-state index is 10.8. The van der Waals surface area contributed by atoms with E-state index in [1.54, 1.807) is 18.2 Å². The number of hydrogen-bond donors (Lipinski definition) is 2. The van der Waals surface area contributed by atoms with E-state index >= 15 is 0 Å². The predicted octanol–water partition coefficient (Wildman–Crippen LogP) is 0.811. The summed E-state index contributed by atoms with van der Waals surface area (Å²) in [6.45, 7) is 3.68. The number of amides is 1. The highest BCUT2D eigenvalue weighted by Crippen LogP contribution is 2.26. The Kier molecular flexibility index (Phi) is 3.95. The van der Waals surface area contributed by atoms with Gasteiger partial charge in [-0.2, -0.15) is 0 Å². The largest absolute Gasteiger partial charge is 0.370 e. The van der Waals surface area contributed by atoms with Gasteiger partial charge in [0.2, 0.25) is 5.91 Å². The van der Waals surface area contributed by atoms with Crippen molar-refractivity contribution in [1.29, 1.82) is 0 Å². The summed E-state index contributed by atoms with van der Waals surface area (Å²) in [7, 11) is 0. The van der Waals surface area contributed by atoms with Crippen LogP contribution in [0.1, 0.15) is 12.0 Å². The Labute approximate surface area is 98.1 Å². The number of rotatable bonds is 5. The van der Waals surface area contributed by atoms with Crippen LogP contribution in [0.3, 0.4) is 0 Å². The van der Waals surface area contributed by atoms with Gasteiger partial charge < -0.3 is 11.5 Å². The van der Waals surface area contributed by atoms with Gasteiger partial charge in [0.25, 0.3) is 5.69 Å². The molecule has 1 aromatic rings. The molecule has 0 saturated heterocycles. The van der Waals surface area contributed by atoms with E-state index in [9.17, 15) is 14.9 Å². The quantitative estimate of drug-likeness (QED) is 0.580. The van der Waals surface area contributed by atoms with Crippen LogP contribution in [0.2, 0.25) is 0 Å². The zero-order valence-electron chi connectivity index (χ0n) is 9.13. The summed E-state index contributed by atoms with van der Waals surface area (Å²) in [6.07, 6.45) is -0.0924. The Morgan fingerprint density at radius 2 is 2.06 bits per heavy atom. The first-order chi connectivity index (χ1) is 7.93. The van der Waals surface area contributed by atoms with Crippen LogP contribution in [0, 0.1) is 10.1 Å². The molecule has 0 aliphatic rings. The molecule has 0 aliphatic carbocycles. The second-order valence-corrected chi connectivity index (χ2v) is 3.58. The van der Waals surface area contributed by atoms with Crippen molar-refractivity contribution in [1.82, 2.24) is 0 Å². The lowest BCUT2D eigenvalue weighted by Crippen LogP contribution is -2.28. The highest BCUT2D eigenvalue weighted by Gasteiger charge is 2.20. The molecule has 0 heterocycles. The molecule has 0 fully saturated rings. The number of benzene rings is 1. The Hall–Kier alpha value is -2.21. The molecule has 0 aromatic heterocycles. The molecule has 1 unspecified atom stereocenters. The lowest BCUT2D eigenvalue weighted by molar-refractivity contribution is -0.385. The third-order valence-corrected chi connectivity index (χ3v) is 2.32. The van der Waals surface area contributed by atoms with Crippen LogP contribution in [0.4, 0.5) is 5.69 Å². The molecule has 0 saturated carbocycles. The van der Waals surface area contributed by atoms with Gasteiger partial charge in [0.15, 0.2) is 0 Å². The fraction of sp³-hybridized carbons (Fsp3) is 0.182. The minimum absolute atomic E-state index is 0.0857. The molecule has 0 aliphatic heterocycles. The lowest BCUT2D eigenvalue weighted by atomic mass is 9.97. The van der Waals surface area contributed by atoms with Crippen LogP contribution in [-0.4, -0.2) is 16.9 Å². The number of para-hydroxylation sites is 1. The van der Waals surface area contributed by atoms with Gasteiger partial charge in [-0.25, -0.2) is 0 Å². The van der Waals surface area contributed by atoms with Crippen LogP contribution in [-0.2, 0) is 4.79 Å². The Balaban J connectivity index is 3.04. The first kappa shape index (κ1) is 12.9. The summed E-state index contributed by atoms with van der Waals surface area (Å²) in [4.78, 5) is 21.0. The first-order valence-corrected chi connectivity index (χ1v) is 4.90. The predicted molar refractivity (Wildman–Crippen MR) is 63.9 cm³/mol. The summed E-state index contributed by atoms with van der Waals surface area (Å²) in [5.74, 6) is -0.572. The summed E-state index contributed by atoms with van der Waals surface area (Å²) >= 11 is 0. The fourth-order valence-corrected chi connectivity index (χ4v) is 1.44. The molecular formula is C11H13N3O3. The van der Waals surface area contributed by atoms with Gasteiger partial charge in [-0.3, -0.25) is 14.9 Å². The fourth-order valence-electron chi connectivity index (χ4n) is 1.44. The average Bonchev–Trinajstić information content (AvgIpc) is 2.27. The van der Waals surface area contributed by atoms with Crippen molar-refractivity contribution >= 4 is 17.2 Å². The highest BCUT2D eigenvalue weighted by atomic mass is 16.6. The second-order valence-electron chi connectivity index (χ2n) is 3.58. The molecule has 17 heavy (non-hydrogen) atoms. The molecule has 6 heteroatoms. The van der Waals surface area contributed by atoms with Crippen LogP contribution >= 0.6 is 0 Å². The van der Waals surface area contributed by atoms with Gasteiger partial charge in [-0.05, 0) is 11.6 Å². The monoisotopic (exact) mass is 235 g/mol. The topological polar surface area (TPSA) is 112 Å². The van der Waals surface area contributed by atoms with Gasteiger partial charge in [-0.1, -0.05) is 18.7 Å². The van der Waals surface area contributed by atoms with Crippen molar-refractivity contribution in [3.05, 3.63) is 46.5 Å². The zero-order chi connectivity index (χ0) is 13.0. The van der Waals surface area contributed by atoms with Crippen molar-refractivity contribution < 1.29 is 9.72 Å². The number of carbonyl (C=O) groups is 1. The number of nitro benzene ring substituents is 1. The SMILES string of the molecule is C=C(c1ccccc1[N+](=O)[O-])C(N)CC(N)=O. The Morgan fingerprint density at radius 3 is 2.59 bits per heavy atom. The number of nitrogens with zero attached hydrogens (tertiary/aromatic N) is 1. The first-order valence-electron chi connectivity index (χ1n) is 4.90. The van der Waals surface area contributed by atoms with E-state index < -0.39 is 16.9 Å². The van der Waals surface area contributed by atoms with Crippen LogP contribution in [0.25, 0.3) is 5.57 Å². The van der Waals surface area contributed by atoms with Crippen molar-refractivity contribution in [3.8, 4) is 0 Å². The Bertz CT molecular complexity index is 471. The van der Waals surface area contributed by atoms with E-state index in [1.807, 2.05) is 0 Å². The van der Waals surface area contributed by atoms with Crippen LogP contribution in [0.5, 0.6) is 0 Å². The van der Waals surface area contributed by atoms with E-state index in [0.29, 0.717) is 11.1 Å². The van der Waals surface area contributed by atoms with Gasteiger partial charge in [0, 0.05) is 18.5 Å². The van der Waals surface area contributed by atoms with Crippen LogP contribution < -0.4 is 11.5 Å². The molecule has 4 N–H and O–H groups in total. The highest BCUT2D eigenvalue weighted by molar-refractivity contribution is 5.81. The molecule has 1 amide bonds. The van der Waals surface area contributed by atoms with Gasteiger partial charge >= 0.3 is 0 Å². The molecule has 1 atom stereocenters. The minimum atomic E-state index is -0.714. The second kappa shape index (κ2) is 5.22. The molecule has 90 valence electrons. The number of hydrogen-bond acceptors (Lipinski definition) is 4.